The predicted octanol–water partition coefficient (Wildman–Crippen LogP) is 1.94. The topological polar surface area (TPSA) is 23.5 Å². The van der Waals surface area contributed by atoms with E-state index < -0.39 is 0 Å². The maximum atomic E-state index is 9.12. The van der Waals surface area contributed by atoms with Crippen LogP contribution in [0.2, 0.25) is 0 Å². The first kappa shape index (κ1) is 9.23. The van der Waals surface area contributed by atoms with Crippen LogP contribution in [0.25, 0.3) is 0 Å². The molecule has 0 aliphatic carbocycles. The molecule has 0 aliphatic heterocycles. The lowest BCUT2D eigenvalue weighted by atomic mass is 10.1. The summed E-state index contributed by atoms with van der Waals surface area (Å²) in [7, 11) is 1.67. The van der Waals surface area contributed by atoms with E-state index in [2.05, 4.69) is 12.1 Å². The molecule has 0 bridgehead atoms. The molecule has 1 aromatic rings. The first-order valence-corrected chi connectivity index (χ1v) is 4.16. The molecule has 0 saturated carbocycles. The Labute approximate surface area is 73.4 Å². The second-order valence-corrected chi connectivity index (χ2v) is 3.11. The fourth-order valence-corrected chi connectivity index (χ4v) is 1.09. The van der Waals surface area contributed by atoms with Gasteiger partial charge in [0.2, 0.25) is 0 Å². The van der Waals surface area contributed by atoms with Crippen molar-refractivity contribution in [1.29, 1.82) is 0 Å². The Bertz CT molecular complexity index is 221. The Balaban J connectivity index is 2.53. The van der Waals surface area contributed by atoms with E-state index >= 15 is 0 Å². The molecule has 0 radical (unpaired) electrons. The summed E-state index contributed by atoms with van der Waals surface area (Å²) < 4.78 is 0. The van der Waals surface area contributed by atoms with Gasteiger partial charge in [-0.3, -0.25) is 0 Å². The van der Waals surface area contributed by atoms with Gasteiger partial charge in [-0.25, -0.2) is 0 Å². The van der Waals surface area contributed by atoms with Gasteiger partial charge in [-0.2, -0.15) is 5.06 Å². The van der Waals surface area contributed by atoms with E-state index in [0.29, 0.717) is 0 Å². The molecule has 2 nitrogen and oxygen atoms in total. The molecule has 1 rings (SSSR count). The molecule has 0 fully saturated rings. The van der Waals surface area contributed by atoms with Crippen LogP contribution in [0.5, 0.6) is 0 Å². The molecule has 0 spiro atoms. The van der Waals surface area contributed by atoms with Crippen molar-refractivity contribution < 1.29 is 5.21 Å². The lowest BCUT2D eigenvalue weighted by molar-refractivity contribution is -0.0963. The Kier molecular flexibility index (Phi) is 3.26. The van der Waals surface area contributed by atoms with Crippen molar-refractivity contribution in [3.05, 3.63) is 35.9 Å². The van der Waals surface area contributed by atoms with Crippen LogP contribution >= 0.6 is 0 Å². The smallest absolute Gasteiger partial charge is 0.0359 e. The minimum absolute atomic E-state index is 0.174. The average molecular weight is 165 g/mol. The summed E-state index contributed by atoms with van der Waals surface area (Å²) in [4.78, 5) is 0. The van der Waals surface area contributed by atoms with E-state index in [0.717, 1.165) is 6.42 Å². The normalized spacial score (nSPS) is 13.3. The summed E-state index contributed by atoms with van der Waals surface area (Å²) >= 11 is 0. The number of hydrogen-bond donors (Lipinski definition) is 1. The highest BCUT2D eigenvalue weighted by Crippen LogP contribution is 2.05. The zero-order chi connectivity index (χ0) is 8.97. The molecular formula is C10H15NO. The number of nitrogens with zero attached hydrogens (tertiary/aromatic N) is 1. The zero-order valence-electron chi connectivity index (χ0n) is 7.57. The van der Waals surface area contributed by atoms with E-state index in [-0.39, 0.29) is 6.04 Å². The fraction of sp³-hybridized carbons (Fsp3) is 0.400. The fourth-order valence-electron chi connectivity index (χ4n) is 1.09. The van der Waals surface area contributed by atoms with Crippen molar-refractivity contribution in [3.63, 3.8) is 0 Å². The lowest BCUT2D eigenvalue weighted by Crippen LogP contribution is -2.27. The van der Waals surface area contributed by atoms with Crippen molar-refractivity contribution in [3.8, 4) is 0 Å². The second kappa shape index (κ2) is 4.24. The summed E-state index contributed by atoms with van der Waals surface area (Å²) in [6, 6.07) is 10.3. The van der Waals surface area contributed by atoms with Gasteiger partial charge >= 0.3 is 0 Å². The molecule has 0 aliphatic rings. The summed E-state index contributed by atoms with van der Waals surface area (Å²) in [5.74, 6) is 0. The van der Waals surface area contributed by atoms with Crippen LogP contribution in [0.1, 0.15) is 12.5 Å². The maximum Gasteiger partial charge on any atom is 0.0359 e. The largest absolute Gasteiger partial charge is 0.314 e. The number of hydroxylamine groups is 2. The van der Waals surface area contributed by atoms with Crippen LogP contribution in [-0.4, -0.2) is 23.4 Å². The van der Waals surface area contributed by atoms with Crippen molar-refractivity contribution in [1.82, 2.24) is 5.06 Å². The average Bonchev–Trinajstić information content (AvgIpc) is 2.06. The van der Waals surface area contributed by atoms with Crippen LogP contribution in [0.4, 0.5) is 0 Å². The van der Waals surface area contributed by atoms with Crippen LogP contribution in [0, 0.1) is 0 Å². The van der Waals surface area contributed by atoms with Gasteiger partial charge in [0.25, 0.3) is 0 Å². The van der Waals surface area contributed by atoms with Crippen LogP contribution in [0.3, 0.4) is 0 Å². The standard InChI is InChI=1S/C10H15NO/c1-9(11(2)12)8-10-6-4-3-5-7-10/h3-7,9,12H,8H2,1-2H3. The monoisotopic (exact) mass is 165 g/mol. The molecule has 12 heavy (non-hydrogen) atoms. The van der Waals surface area contributed by atoms with Gasteiger partial charge in [-0.05, 0) is 18.9 Å². The molecule has 66 valence electrons. The molecule has 2 heteroatoms. The first-order chi connectivity index (χ1) is 5.70. The molecule has 1 N–H and O–H groups in total. The van der Waals surface area contributed by atoms with Gasteiger partial charge < -0.3 is 5.21 Å². The highest BCUT2D eigenvalue weighted by Gasteiger charge is 2.05. The van der Waals surface area contributed by atoms with Gasteiger partial charge in [-0.15, -0.1) is 0 Å². The van der Waals surface area contributed by atoms with Gasteiger partial charge in [0.1, 0.15) is 0 Å². The van der Waals surface area contributed by atoms with Gasteiger partial charge in [0.15, 0.2) is 0 Å². The Morgan fingerprint density at radius 2 is 1.92 bits per heavy atom. The number of rotatable bonds is 3. The molecular weight excluding hydrogens is 150 g/mol. The maximum absolute atomic E-state index is 9.12. The third-order valence-corrected chi connectivity index (χ3v) is 2.01. The van der Waals surface area contributed by atoms with Crippen molar-refractivity contribution in [2.24, 2.45) is 0 Å². The SMILES string of the molecule is CC(Cc1ccccc1)N(C)O. The van der Waals surface area contributed by atoms with Crippen LogP contribution in [-0.2, 0) is 6.42 Å². The quantitative estimate of drug-likeness (QED) is 0.692. The minimum Gasteiger partial charge on any atom is -0.314 e. The molecule has 0 amide bonds. The molecule has 1 aromatic carbocycles. The van der Waals surface area contributed by atoms with Crippen molar-refractivity contribution in [2.45, 2.75) is 19.4 Å². The summed E-state index contributed by atoms with van der Waals surface area (Å²) in [6.45, 7) is 1.99. The second-order valence-electron chi connectivity index (χ2n) is 3.11. The van der Waals surface area contributed by atoms with Crippen molar-refractivity contribution in [2.75, 3.05) is 7.05 Å². The summed E-state index contributed by atoms with van der Waals surface area (Å²) in [6.07, 6.45) is 0.883. The van der Waals surface area contributed by atoms with Crippen LogP contribution < -0.4 is 0 Å². The van der Waals surface area contributed by atoms with Gasteiger partial charge in [0.05, 0.1) is 0 Å². The lowest BCUT2D eigenvalue weighted by Gasteiger charge is -2.17. The van der Waals surface area contributed by atoms with Crippen molar-refractivity contribution >= 4 is 0 Å². The summed E-state index contributed by atoms with van der Waals surface area (Å²) in [5.41, 5.74) is 1.26. The zero-order valence-corrected chi connectivity index (χ0v) is 7.57. The molecule has 1 atom stereocenters. The Hall–Kier alpha value is -0.860. The Morgan fingerprint density at radius 1 is 1.33 bits per heavy atom. The third-order valence-electron chi connectivity index (χ3n) is 2.01. The molecule has 1 unspecified atom stereocenters. The van der Waals surface area contributed by atoms with Crippen LogP contribution in [0.15, 0.2) is 30.3 Å². The van der Waals surface area contributed by atoms with E-state index in [1.165, 1.54) is 10.6 Å². The Morgan fingerprint density at radius 3 is 2.42 bits per heavy atom. The van der Waals surface area contributed by atoms with Gasteiger partial charge in [0, 0.05) is 13.1 Å². The highest BCUT2D eigenvalue weighted by molar-refractivity contribution is 5.15. The molecule has 0 saturated heterocycles. The van der Waals surface area contributed by atoms with E-state index in [1.807, 2.05) is 25.1 Å². The van der Waals surface area contributed by atoms with E-state index in [4.69, 9.17) is 5.21 Å². The minimum atomic E-state index is 0.174. The van der Waals surface area contributed by atoms with Gasteiger partial charge in [-0.1, -0.05) is 30.3 Å². The number of hydrogen-bond acceptors (Lipinski definition) is 2. The molecule has 0 heterocycles. The van der Waals surface area contributed by atoms with E-state index in [9.17, 15) is 0 Å². The van der Waals surface area contributed by atoms with E-state index in [1.54, 1.807) is 7.05 Å². The first-order valence-electron chi connectivity index (χ1n) is 4.16. The number of benzene rings is 1. The third kappa shape index (κ3) is 2.64. The highest BCUT2D eigenvalue weighted by atomic mass is 16.5. The predicted molar refractivity (Wildman–Crippen MR) is 49.2 cm³/mol. The number of likely N-dealkylation sites (N-methyl/N-ethyl adjacent to an activating group) is 1. The molecule has 0 aromatic heterocycles. The summed E-state index contributed by atoms with van der Waals surface area (Å²) in [5, 5.41) is 10.4.